The minimum atomic E-state index is -0.929. The van der Waals surface area contributed by atoms with Gasteiger partial charge in [-0.1, -0.05) is 22.9 Å². The second kappa shape index (κ2) is 9.76. The van der Waals surface area contributed by atoms with E-state index < -0.39 is 12.0 Å². The summed E-state index contributed by atoms with van der Waals surface area (Å²) in [5, 5.41) is 11.7. The lowest BCUT2D eigenvalue weighted by molar-refractivity contribution is -0.139. The van der Waals surface area contributed by atoms with E-state index >= 15 is 0 Å². The molecule has 1 aromatic carbocycles. The van der Waals surface area contributed by atoms with Crippen molar-refractivity contribution in [1.82, 2.24) is 4.90 Å². The molecule has 0 aromatic heterocycles. The van der Waals surface area contributed by atoms with Crippen molar-refractivity contribution in [2.75, 3.05) is 18.4 Å². The van der Waals surface area contributed by atoms with Gasteiger partial charge in [-0.05, 0) is 44.2 Å². The minimum Gasteiger partial charge on any atom is -0.480 e. The summed E-state index contributed by atoms with van der Waals surface area (Å²) in [7, 11) is 0. The van der Waals surface area contributed by atoms with Gasteiger partial charge in [-0.25, -0.2) is 0 Å². The van der Waals surface area contributed by atoms with Crippen LogP contribution >= 0.6 is 28.3 Å². The van der Waals surface area contributed by atoms with Crippen LogP contribution in [-0.4, -0.2) is 41.0 Å². The fraction of sp³-hybridized carbons (Fsp3) is 0.429. The van der Waals surface area contributed by atoms with Crippen molar-refractivity contribution in [3.05, 3.63) is 28.7 Å². The molecule has 0 aliphatic carbocycles. The quantitative estimate of drug-likeness (QED) is 0.764. The van der Waals surface area contributed by atoms with Gasteiger partial charge in [0.05, 0.1) is 12.6 Å². The Balaban J connectivity index is 0.00000400. The molecule has 0 saturated carbocycles. The van der Waals surface area contributed by atoms with Gasteiger partial charge < -0.3 is 10.4 Å². The number of carboxylic acids is 1. The fourth-order valence-electron chi connectivity index (χ4n) is 1.82. The van der Waals surface area contributed by atoms with E-state index in [4.69, 9.17) is 5.11 Å². The van der Waals surface area contributed by atoms with Crippen LogP contribution in [-0.2, 0) is 9.59 Å². The molecule has 0 spiro atoms. The van der Waals surface area contributed by atoms with Crippen LogP contribution in [0.15, 0.2) is 28.7 Å². The largest absolute Gasteiger partial charge is 0.480 e. The first kappa shape index (κ1) is 19.9. The zero-order valence-electron chi connectivity index (χ0n) is 12.0. The van der Waals surface area contributed by atoms with E-state index in [1.807, 2.05) is 19.1 Å². The number of hydrogen-bond acceptors (Lipinski definition) is 3. The van der Waals surface area contributed by atoms with E-state index in [-0.39, 0.29) is 24.9 Å². The van der Waals surface area contributed by atoms with Crippen LogP contribution in [0.2, 0.25) is 0 Å². The summed E-state index contributed by atoms with van der Waals surface area (Å²) in [6.07, 6.45) is 0.795. The monoisotopic (exact) mass is 378 g/mol. The number of halogens is 2. The first-order valence-electron chi connectivity index (χ1n) is 6.46. The number of nitrogens with zero attached hydrogens (tertiary/aromatic N) is 1. The van der Waals surface area contributed by atoms with Crippen LogP contribution in [0.25, 0.3) is 0 Å². The number of nitrogens with one attached hydrogen (secondary N) is 1. The van der Waals surface area contributed by atoms with Crippen LogP contribution in [0.5, 0.6) is 0 Å². The molecule has 0 aliphatic rings. The van der Waals surface area contributed by atoms with Crippen molar-refractivity contribution in [2.45, 2.75) is 26.3 Å². The van der Waals surface area contributed by atoms with E-state index in [9.17, 15) is 9.59 Å². The van der Waals surface area contributed by atoms with E-state index in [1.165, 1.54) is 0 Å². The van der Waals surface area contributed by atoms with Gasteiger partial charge >= 0.3 is 5.97 Å². The van der Waals surface area contributed by atoms with Gasteiger partial charge in [0.25, 0.3) is 0 Å². The highest BCUT2D eigenvalue weighted by Gasteiger charge is 2.22. The van der Waals surface area contributed by atoms with E-state index in [1.54, 1.807) is 24.0 Å². The van der Waals surface area contributed by atoms with Crippen molar-refractivity contribution in [3.63, 3.8) is 0 Å². The van der Waals surface area contributed by atoms with E-state index in [0.717, 1.165) is 10.9 Å². The maximum absolute atomic E-state index is 12.1. The molecule has 118 valence electrons. The van der Waals surface area contributed by atoms with Crippen LogP contribution in [0.4, 0.5) is 5.69 Å². The Morgan fingerprint density at radius 1 is 1.33 bits per heavy atom. The number of carbonyl (C=O) groups is 2. The van der Waals surface area contributed by atoms with Crippen LogP contribution in [0.1, 0.15) is 20.3 Å². The van der Waals surface area contributed by atoms with Crippen LogP contribution in [0, 0.1) is 0 Å². The Morgan fingerprint density at radius 3 is 2.38 bits per heavy atom. The molecule has 0 heterocycles. The highest BCUT2D eigenvalue weighted by molar-refractivity contribution is 9.10. The molecule has 21 heavy (non-hydrogen) atoms. The zero-order valence-corrected chi connectivity index (χ0v) is 14.4. The molecule has 0 fully saturated rings. The van der Waals surface area contributed by atoms with Gasteiger partial charge in [0, 0.05) is 10.2 Å². The normalized spacial score (nSPS) is 11.6. The van der Waals surface area contributed by atoms with Crippen molar-refractivity contribution in [3.8, 4) is 0 Å². The summed E-state index contributed by atoms with van der Waals surface area (Å²) < 4.78 is 0.932. The molecule has 0 radical (unpaired) electrons. The second-order valence-corrected chi connectivity index (χ2v) is 5.45. The molecule has 1 amide bonds. The number of amides is 1. The number of hydrogen-bond donors (Lipinski definition) is 2. The molecule has 7 heteroatoms. The lowest BCUT2D eigenvalue weighted by atomic mass is 10.2. The van der Waals surface area contributed by atoms with Gasteiger partial charge in [-0.15, -0.1) is 12.4 Å². The van der Waals surface area contributed by atoms with Crippen molar-refractivity contribution >= 4 is 45.9 Å². The number of carbonyl (C=O) groups excluding carboxylic acids is 1. The number of aliphatic carboxylic acids is 1. The third kappa shape index (κ3) is 6.93. The Morgan fingerprint density at radius 2 is 1.90 bits per heavy atom. The average molecular weight is 380 g/mol. The standard InChI is InChI=1S/C14H19BrN2O3.ClH/c1-3-8-17(9-13(18)19)10(2)14(20)16-12-6-4-11(15)5-7-12;/h4-7,10H,3,8-9H2,1-2H3,(H,16,20)(H,18,19);1H. The van der Waals surface area contributed by atoms with Gasteiger partial charge in [0.1, 0.15) is 0 Å². The Labute approximate surface area is 139 Å². The Kier molecular flexibility index (Phi) is 9.24. The van der Waals surface area contributed by atoms with Gasteiger partial charge in [-0.2, -0.15) is 0 Å². The summed E-state index contributed by atoms with van der Waals surface area (Å²) in [5.74, 6) is -1.14. The summed E-state index contributed by atoms with van der Waals surface area (Å²) in [6.45, 7) is 4.10. The third-order valence-electron chi connectivity index (χ3n) is 2.89. The molecule has 0 aliphatic heterocycles. The highest BCUT2D eigenvalue weighted by Crippen LogP contribution is 2.15. The minimum absolute atomic E-state index is 0. The van der Waals surface area contributed by atoms with Gasteiger partial charge in [0.2, 0.25) is 5.91 Å². The fourth-order valence-corrected chi connectivity index (χ4v) is 2.08. The molecule has 1 atom stereocenters. The number of benzene rings is 1. The van der Waals surface area contributed by atoms with E-state index in [2.05, 4.69) is 21.2 Å². The van der Waals surface area contributed by atoms with Crippen molar-refractivity contribution in [2.24, 2.45) is 0 Å². The maximum Gasteiger partial charge on any atom is 0.317 e. The SMILES string of the molecule is CCCN(CC(=O)O)C(C)C(=O)Nc1ccc(Br)cc1.Cl. The zero-order chi connectivity index (χ0) is 15.1. The summed E-state index contributed by atoms with van der Waals surface area (Å²) >= 11 is 3.33. The predicted octanol–water partition coefficient (Wildman–Crippen LogP) is 2.99. The van der Waals surface area contributed by atoms with Crippen LogP contribution in [0.3, 0.4) is 0 Å². The molecule has 1 aromatic rings. The molecule has 5 nitrogen and oxygen atoms in total. The molecule has 0 bridgehead atoms. The molecular weight excluding hydrogens is 360 g/mol. The number of anilines is 1. The molecular formula is C14H20BrClN2O3. The number of carboxylic acid groups (broad SMARTS) is 1. The van der Waals surface area contributed by atoms with Crippen molar-refractivity contribution in [1.29, 1.82) is 0 Å². The smallest absolute Gasteiger partial charge is 0.317 e. The van der Waals surface area contributed by atoms with Gasteiger partial charge in [0.15, 0.2) is 0 Å². The Bertz CT molecular complexity index is 468. The summed E-state index contributed by atoms with van der Waals surface area (Å²) in [4.78, 5) is 24.6. The summed E-state index contributed by atoms with van der Waals surface area (Å²) in [5.41, 5.74) is 0.692. The lowest BCUT2D eigenvalue weighted by Crippen LogP contribution is -2.44. The number of rotatable bonds is 7. The van der Waals surface area contributed by atoms with Crippen LogP contribution < -0.4 is 5.32 Å². The lowest BCUT2D eigenvalue weighted by Gasteiger charge is -2.26. The van der Waals surface area contributed by atoms with E-state index in [0.29, 0.717) is 12.2 Å². The highest BCUT2D eigenvalue weighted by atomic mass is 79.9. The topological polar surface area (TPSA) is 69.6 Å². The average Bonchev–Trinajstić information content (AvgIpc) is 2.39. The predicted molar refractivity (Wildman–Crippen MR) is 89.0 cm³/mol. The Hall–Kier alpha value is -1.11. The van der Waals surface area contributed by atoms with Gasteiger partial charge in [-0.3, -0.25) is 14.5 Å². The first-order chi connectivity index (χ1) is 9.43. The molecule has 0 saturated heterocycles. The molecule has 1 rings (SSSR count). The maximum atomic E-state index is 12.1. The first-order valence-corrected chi connectivity index (χ1v) is 7.25. The summed E-state index contributed by atoms with van der Waals surface area (Å²) in [6, 6.07) is 6.75. The van der Waals surface area contributed by atoms with Crippen molar-refractivity contribution < 1.29 is 14.7 Å². The molecule has 2 N–H and O–H groups in total. The third-order valence-corrected chi connectivity index (χ3v) is 3.42. The molecule has 1 unspecified atom stereocenters. The second-order valence-electron chi connectivity index (χ2n) is 4.54.